The van der Waals surface area contributed by atoms with E-state index in [1.165, 1.54) is 44.5 Å². The summed E-state index contributed by atoms with van der Waals surface area (Å²) < 4.78 is 2.11. The van der Waals surface area contributed by atoms with E-state index in [0.717, 1.165) is 19.0 Å². The minimum absolute atomic E-state index is 0.742. The van der Waals surface area contributed by atoms with Crippen LogP contribution in [0.1, 0.15) is 31.7 Å². The van der Waals surface area contributed by atoms with Gasteiger partial charge in [0.05, 0.1) is 0 Å². The summed E-state index contributed by atoms with van der Waals surface area (Å²) in [5, 5.41) is 3.56. The van der Waals surface area contributed by atoms with Crippen molar-refractivity contribution in [2.24, 2.45) is 13.0 Å². The third-order valence-corrected chi connectivity index (χ3v) is 3.73. The molecule has 1 N–H and O–H groups in total. The summed E-state index contributed by atoms with van der Waals surface area (Å²) in [7, 11) is 2.07. The molecule has 3 nitrogen and oxygen atoms in total. The molecule has 0 saturated carbocycles. The molecule has 1 saturated heterocycles. The molecular formula is C15H27N3. The van der Waals surface area contributed by atoms with E-state index in [9.17, 15) is 0 Å². The second-order valence-electron chi connectivity index (χ2n) is 5.78. The number of hydrogen-bond donors (Lipinski definition) is 1. The molecule has 0 spiro atoms. The number of rotatable bonds is 6. The Labute approximate surface area is 111 Å². The Kier molecular flexibility index (Phi) is 5.26. The molecule has 1 atom stereocenters. The highest BCUT2D eigenvalue weighted by Gasteiger charge is 2.12. The summed E-state index contributed by atoms with van der Waals surface area (Å²) >= 11 is 0. The highest BCUT2D eigenvalue weighted by Crippen LogP contribution is 2.10. The van der Waals surface area contributed by atoms with Crippen LogP contribution in [0, 0.1) is 5.92 Å². The van der Waals surface area contributed by atoms with E-state index in [-0.39, 0.29) is 0 Å². The number of aryl methyl sites for hydroxylation is 1. The number of nitrogens with zero attached hydrogens (tertiary/aromatic N) is 2. The molecule has 1 unspecified atom stereocenters. The number of likely N-dealkylation sites (tertiary alicyclic amines) is 1. The first-order valence-electron chi connectivity index (χ1n) is 7.28. The summed E-state index contributed by atoms with van der Waals surface area (Å²) in [4.78, 5) is 2.62. The Balaban J connectivity index is 1.60. The largest absolute Gasteiger partial charge is 0.357 e. The standard InChI is InChI=1S/C15H27N3/c1-14(12-18-7-4-3-5-8-18)10-16-11-15-6-9-17(2)13-15/h6,9,13-14,16H,3-5,7-8,10-12H2,1-2H3. The number of hydrogen-bond acceptors (Lipinski definition) is 2. The lowest BCUT2D eigenvalue weighted by Crippen LogP contribution is -2.36. The van der Waals surface area contributed by atoms with Gasteiger partial charge >= 0.3 is 0 Å². The zero-order valence-electron chi connectivity index (χ0n) is 11.9. The minimum atomic E-state index is 0.742. The van der Waals surface area contributed by atoms with Crippen LogP contribution >= 0.6 is 0 Å². The van der Waals surface area contributed by atoms with Gasteiger partial charge in [-0.2, -0.15) is 0 Å². The molecule has 0 radical (unpaired) electrons. The summed E-state index contributed by atoms with van der Waals surface area (Å²) in [5.74, 6) is 0.742. The van der Waals surface area contributed by atoms with Gasteiger partial charge in [0.1, 0.15) is 0 Å². The smallest absolute Gasteiger partial charge is 0.0220 e. The van der Waals surface area contributed by atoms with Crippen molar-refractivity contribution >= 4 is 0 Å². The van der Waals surface area contributed by atoms with Crippen LogP contribution < -0.4 is 5.32 Å². The van der Waals surface area contributed by atoms with E-state index in [0.29, 0.717) is 0 Å². The van der Waals surface area contributed by atoms with Gasteiger partial charge in [0.2, 0.25) is 0 Å². The molecule has 2 rings (SSSR count). The second-order valence-corrected chi connectivity index (χ2v) is 5.78. The molecule has 0 aromatic carbocycles. The zero-order valence-corrected chi connectivity index (χ0v) is 11.9. The molecule has 2 heterocycles. The quantitative estimate of drug-likeness (QED) is 0.834. The van der Waals surface area contributed by atoms with Gasteiger partial charge in [-0.05, 0) is 50.0 Å². The molecule has 102 valence electrons. The van der Waals surface area contributed by atoms with Gasteiger partial charge < -0.3 is 14.8 Å². The van der Waals surface area contributed by atoms with Crippen molar-refractivity contribution in [3.8, 4) is 0 Å². The maximum Gasteiger partial charge on any atom is 0.0220 e. The topological polar surface area (TPSA) is 20.2 Å². The second kappa shape index (κ2) is 6.95. The van der Waals surface area contributed by atoms with E-state index in [2.05, 4.69) is 47.2 Å². The summed E-state index contributed by atoms with van der Waals surface area (Å²) in [6.07, 6.45) is 8.50. The predicted molar refractivity (Wildman–Crippen MR) is 76.6 cm³/mol. The Morgan fingerprint density at radius 1 is 1.28 bits per heavy atom. The summed E-state index contributed by atoms with van der Waals surface area (Å²) in [6, 6.07) is 2.18. The number of piperidine rings is 1. The van der Waals surface area contributed by atoms with Gasteiger partial charge in [0, 0.05) is 32.5 Å². The van der Waals surface area contributed by atoms with Gasteiger partial charge in [-0.15, -0.1) is 0 Å². The van der Waals surface area contributed by atoms with Gasteiger partial charge in [-0.3, -0.25) is 0 Å². The van der Waals surface area contributed by atoms with Crippen molar-refractivity contribution in [1.29, 1.82) is 0 Å². The first-order chi connectivity index (χ1) is 8.74. The molecule has 0 aliphatic carbocycles. The van der Waals surface area contributed by atoms with E-state index in [1.807, 2.05) is 0 Å². The fraction of sp³-hybridized carbons (Fsp3) is 0.733. The van der Waals surface area contributed by atoms with Gasteiger partial charge in [-0.1, -0.05) is 13.3 Å². The SMILES string of the molecule is CC(CNCc1ccn(C)c1)CN1CCCCC1. The maximum atomic E-state index is 3.56. The average Bonchev–Trinajstić information content (AvgIpc) is 2.76. The van der Waals surface area contributed by atoms with Gasteiger partial charge in [0.15, 0.2) is 0 Å². The zero-order chi connectivity index (χ0) is 12.8. The van der Waals surface area contributed by atoms with E-state index < -0.39 is 0 Å². The fourth-order valence-electron chi connectivity index (χ4n) is 2.78. The first-order valence-corrected chi connectivity index (χ1v) is 7.28. The van der Waals surface area contributed by atoms with Crippen molar-refractivity contribution in [2.45, 2.75) is 32.7 Å². The van der Waals surface area contributed by atoms with Crippen molar-refractivity contribution in [2.75, 3.05) is 26.2 Å². The monoisotopic (exact) mass is 249 g/mol. The van der Waals surface area contributed by atoms with Crippen LogP contribution in [0.3, 0.4) is 0 Å². The molecule has 1 aliphatic heterocycles. The van der Waals surface area contributed by atoms with Gasteiger partial charge in [0.25, 0.3) is 0 Å². The molecule has 1 aromatic heterocycles. The molecule has 0 amide bonds. The lowest BCUT2D eigenvalue weighted by atomic mass is 10.1. The molecule has 1 fully saturated rings. The average molecular weight is 249 g/mol. The summed E-state index contributed by atoms with van der Waals surface area (Å²) in [5.41, 5.74) is 1.38. The Bertz CT molecular complexity index is 339. The number of aromatic nitrogens is 1. The predicted octanol–water partition coefficient (Wildman–Crippen LogP) is 2.24. The van der Waals surface area contributed by atoms with Crippen molar-refractivity contribution in [3.63, 3.8) is 0 Å². The normalized spacial score (nSPS) is 19.0. The lowest BCUT2D eigenvalue weighted by molar-refractivity contribution is 0.199. The van der Waals surface area contributed by atoms with E-state index in [4.69, 9.17) is 0 Å². The molecule has 1 aliphatic rings. The van der Waals surface area contributed by atoms with Crippen LogP contribution in [0.5, 0.6) is 0 Å². The highest BCUT2D eigenvalue weighted by atomic mass is 15.1. The fourth-order valence-corrected chi connectivity index (χ4v) is 2.78. The third-order valence-electron chi connectivity index (χ3n) is 3.73. The maximum absolute atomic E-state index is 3.56. The van der Waals surface area contributed by atoms with Crippen LogP contribution in [0.2, 0.25) is 0 Å². The van der Waals surface area contributed by atoms with Crippen LogP contribution in [0.4, 0.5) is 0 Å². The molecule has 3 heteroatoms. The molecule has 1 aromatic rings. The van der Waals surface area contributed by atoms with Crippen molar-refractivity contribution in [3.05, 3.63) is 24.0 Å². The highest BCUT2D eigenvalue weighted by molar-refractivity contribution is 5.09. The molecule has 18 heavy (non-hydrogen) atoms. The number of nitrogens with one attached hydrogen (secondary N) is 1. The van der Waals surface area contributed by atoms with Crippen molar-refractivity contribution in [1.82, 2.24) is 14.8 Å². The summed E-state index contributed by atoms with van der Waals surface area (Å²) in [6.45, 7) is 8.33. The first kappa shape index (κ1) is 13.6. The van der Waals surface area contributed by atoms with E-state index >= 15 is 0 Å². The van der Waals surface area contributed by atoms with Crippen LogP contribution in [0.25, 0.3) is 0 Å². The molecular weight excluding hydrogens is 222 g/mol. The van der Waals surface area contributed by atoms with Crippen molar-refractivity contribution < 1.29 is 0 Å². The Morgan fingerprint density at radius 2 is 2.06 bits per heavy atom. The third kappa shape index (κ3) is 4.46. The Hall–Kier alpha value is -0.800. The van der Waals surface area contributed by atoms with E-state index in [1.54, 1.807) is 0 Å². The Morgan fingerprint density at radius 3 is 2.72 bits per heavy atom. The lowest BCUT2D eigenvalue weighted by Gasteiger charge is -2.29. The molecule has 0 bridgehead atoms. The van der Waals surface area contributed by atoms with Crippen LogP contribution in [-0.4, -0.2) is 35.6 Å². The van der Waals surface area contributed by atoms with Gasteiger partial charge in [-0.25, -0.2) is 0 Å². The van der Waals surface area contributed by atoms with Crippen LogP contribution in [-0.2, 0) is 13.6 Å². The van der Waals surface area contributed by atoms with Crippen LogP contribution in [0.15, 0.2) is 18.5 Å². The minimum Gasteiger partial charge on any atom is -0.357 e.